The van der Waals surface area contributed by atoms with Crippen LogP contribution in [0.3, 0.4) is 0 Å². The molecule has 3 unspecified atom stereocenters. The van der Waals surface area contributed by atoms with Gasteiger partial charge >= 0.3 is 18.0 Å². The molecule has 1 aliphatic heterocycles. The lowest BCUT2D eigenvalue weighted by Crippen LogP contribution is -2.50. The Hall–Kier alpha value is -3.35. The van der Waals surface area contributed by atoms with Gasteiger partial charge in [-0.15, -0.1) is 0 Å². The van der Waals surface area contributed by atoms with Gasteiger partial charge < -0.3 is 20.4 Å². The van der Waals surface area contributed by atoms with Crippen LogP contribution in [-0.2, 0) is 16.0 Å². The van der Waals surface area contributed by atoms with Crippen molar-refractivity contribution >= 4 is 18.0 Å². The fourth-order valence-corrected chi connectivity index (χ4v) is 4.10. The number of piperidine rings is 1. The first kappa shape index (κ1) is 23.3. The Bertz CT molecular complexity index is 929. The Balaban J connectivity index is 1.69. The highest BCUT2D eigenvalue weighted by Gasteiger charge is 2.29. The van der Waals surface area contributed by atoms with Gasteiger partial charge in [-0.25, -0.2) is 4.79 Å². The molecule has 7 heteroatoms. The molecule has 3 rings (SSSR count). The first-order chi connectivity index (χ1) is 15.3. The average molecular weight is 439 g/mol. The summed E-state index contributed by atoms with van der Waals surface area (Å²) in [5.41, 5.74) is 3.19. The van der Waals surface area contributed by atoms with E-state index in [1.54, 1.807) is 6.92 Å². The minimum Gasteiger partial charge on any atom is -0.481 e. The second-order valence-electron chi connectivity index (χ2n) is 8.51. The number of aliphatic carboxylic acids is 2. The van der Waals surface area contributed by atoms with E-state index in [0.29, 0.717) is 25.8 Å². The summed E-state index contributed by atoms with van der Waals surface area (Å²) in [4.78, 5) is 37.1. The molecule has 0 radical (unpaired) electrons. The van der Waals surface area contributed by atoms with Crippen LogP contribution >= 0.6 is 0 Å². The number of nitrogens with zero attached hydrogens (tertiary/aromatic N) is 1. The summed E-state index contributed by atoms with van der Waals surface area (Å²) >= 11 is 0. The number of carboxylic acid groups (broad SMARTS) is 2. The lowest BCUT2D eigenvalue weighted by atomic mass is 9.95. The monoisotopic (exact) mass is 438 g/mol. The van der Waals surface area contributed by atoms with E-state index < -0.39 is 23.8 Å². The average Bonchev–Trinajstić information content (AvgIpc) is 2.80. The standard InChI is InChI=1S/C25H30N2O5/c1-17(23(28)29)14-22(26-25(32)27-13-5-8-21(16-27)24(30)31)15-18-9-11-20(12-10-18)19-6-3-2-4-7-19/h2-4,6-7,9-12,17,21-22H,5,8,13-16H2,1H3,(H,26,32)(H,28,29)(H,30,31). The molecule has 2 aromatic rings. The van der Waals surface area contributed by atoms with E-state index in [2.05, 4.69) is 5.32 Å². The number of hydrogen-bond acceptors (Lipinski definition) is 3. The van der Waals surface area contributed by atoms with Gasteiger partial charge in [-0.1, -0.05) is 61.5 Å². The van der Waals surface area contributed by atoms with E-state index in [1.165, 1.54) is 4.90 Å². The van der Waals surface area contributed by atoms with Gasteiger partial charge in [0, 0.05) is 19.1 Å². The van der Waals surface area contributed by atoms with Crippen molar-refractivity contribution in [3.05, 3.63) is 60.2 Å². The van der Waals surface area contributed by atoms with Crippen molar-refractivity contribution in [3.63, 3.8) is 0 Å². The first-order valence-corrected chi connectivity index (χ1v) is 11.0. The van der Waals surface area contributed by atoms with Crippen molar-refractivity contribution in [2.24, 2.45) is 11.8 Å². The van der Waals surface area contributed by atoms with Gasteiger partial charge in [0.2, 0.25) is 0 Å². The van der Waals surface area contributed by atoms with Crippen molar-refractivity contribution in [1.82, 2.24) is 10.2 Å². The fraction of sp³-hybridized carbons (Fsp3) is 0.400. The number of carboxylic acids is 2. The Kier molecular flexibility index (Phi) is 7.87. The van der Waals surface area contributed by atoms with Crippen LogP contribution in [0.25, 0.3) is 11.1 Å². The molecule has 0 aromatic heterocycles. The summed E-state index contributed by atoms with van der Waals surface area (Å²) in [7, 11) is 0. The molecular weight excluding hydrogens is 408 g/mol. The molecule has 1 fully saturated rings. The molecule has 1 saturated heterocycles. The predicted octanol–water partition coefficient (Wildman–Crippen LogP) is 3.88. The van der Waals surface area contributed by atoms with E-state index in [0.717, 1.165) is 16.7 Å². The minimum atomic E-state index is -0.910. The van der Waals surface area contributed by atoms with Gasteiger partial charge in [0.15, 0.2) is 0 Å². The third-order valence-electron chi connectivity index (χ3n) is 5.99. The molecule has 0 aliphatic carbocycles. The smallest absolute Gasteiger partial charge is 0.317 e. The zero-order chi connectivity index (χ0) is 23.1. The second kappa shape index (κ2) is 10.8. The van der Waals surface area contributed by atoms with Gasteiger partial charge in [-0.2, -0.15) is 0 Å². The maximum Gasteiger partial charge on any atom is 0.317 e. The zero-order valence-electron chi connectivity index (χ0n) is 18.2. The number of likely N-dealkylation sites (tertiary alicyclic amines) is 1. The molecule has 0 spiro atoms. The molecule has 3 atom stereocenters. The quantitative estimate of drug-likeness (QED) is 0.580. The molecule has 1 aliphatic rings. The Morgan fingerprint density at radius 1 is 1.03 bits per heavy atom. The Morgan fingerprint density at radius 3 is 2.31 bits per heavy atom. The van der Waals surface area contributed by atoms with Crippen molar-refractivity contribution < 1.29 is 24.6 Å². The van der Waals surface area contributed by atoms with Crippen LogP contribution in [-0.4, -0.2) is 52.2 Å². The fourth-order valence-electron chi connectivity index (χ4n) is 4.10. The topological polar surface area (TPSA) is 107 Å². The number of urea groups is 1. The van der Waals surface area contributed by atoms with Crippen molar-refractivity contribution in [2.45, 2.75) is 38.6 Å². The normalized spacial score (nSPS) is 17.9. The summed E-state index contributed by atoms with van der Waals surface area (Å²) in [6.07, 6.45) is 1.99. The number of hydrogen-bond donors (Lipinski definition) is 3. The molecular formula is C25H30N2O5. The molecule has 2 amide bonds. The highest BCUT2D eigenvalue weighted by Crippen LogP contribution is 2.21. The Morgan fingerprint density at radius 2 is 1.69 bits per heavy atom. The zero-order valence-corrected chi connectivity index (χ0v) is 18.2. The molecule has 0 saturated carbocycles. The van der Waals surface area contributed by atoms with Crippen LogP contribution in [0.4, 0.5) is 4.79 Å². The van der Waals surface area contributed by atoms with E-state index >= 15 is 0 Å². The van der Waals surface area contributed by atoms with Gasteiger partial charge in [0.05, 0.1) is 11.8 Å². The van der Waals surface area contributed by atoms with Gasteiger partial charge in [-0.3, -0.25) is 9.59 Å². The number of amides is 2. The first-order valence-electron chi connectivity index (χ1n) is 11.0. The van der Waals surface area contributed by atoms with E-state index in [-0.39, 0.29) is 25.0 Å². The molecule has 2 aromatic carbocycles. The van der Waals surface area contributed by atoms with Crippen LogP contribution in [0.1, 0.15) is 31.7 Å². The van der Waals surface area contributed by atoms with Crippen molar-refractivity contribution in [2.75, 3.05) is 13.1 Å². The Labute approximate surface area is 188 Å². The summed E-state index contributed by atoms with van der Waals surface area (Å²) < 4.78 is 0. The van der Waals surface area contributed by atoms with Gasteiger partial charge in [0.1, 0.15) is 0 Å². The summed E-state index contributed by atoms with van der Waals surface area (Å²) in [6.45, 7) is 2.30. The molecule has 3 N–H and O–H groups in total. The van der Waals surface area contributed by atoms with Crippen LogP contribution in [0.5, 0.6) is 0 Å². The van der Waals surface area contributed by atoms with Crippen LogP contribution in [0.15, 0.2) is 54.6 Å². The number of benzene rings is 2. The second-order valence-corrected chi connectivity index (χ2v) is 8.51. The number of rotatable bonds is 8. The van der Waals surface area contributed by atoms with E-state index in [1.807, 2.05) is 54.6 Å². The van der Waals surface area contributed by atoms with Crippen molar-refractivity contribution in [3.8, 4) is 11.1 Å². The maximum absolute atomic E-state index is 12.8. The van der Waals surface area contributed by atoms with Gasteiger partial charge in [-0.05, 0) is 42.4 Å². The highest BCUT2D eigenvalue weighted by molar-refractivity contribution is 5.77. The molecule has 0 bridgehead atoms. The highest BCUT2D eigenvalue weighted by atomic mass is 16.4. The molecule has 1 heterocycles. The molecule has 32 heavy (non-hydrogen) atoms. The third-order valence-corrected chi connectivity index (χ3v) is 5.99. The third kappa shape index (κ3) is 6.33. The lowest BCUT2D eigenvalue weighted by molar-refractivity contribution is -0.143. The van der Waals surface area contributed by atoms with E-state index in [9.17, 15) is 24.6 Å². The number of carbonyl (C=O) groups is 3. The van der Waals surface area contributed by atoms with Crippen LogP contribution < -0.4 is 5.32 Å². The van der Waals surface area contributed by atoms with E-state index in [4.69, 9.17) is 0 Å². The van der Waals surface area contributed by atoms with Crippen molar-refractivity contribution in [1.29, 1.82) is 0 Å². The summed E-state index contributed by atoms with van der Waals surface area (Å²) in [5, 5.41) is 21.6. The van der Waals surface area contributed by atoms with Gasteiger partial charge in [0.25, 0.3) is 0 Å². The number of carbonyl (C=O) groups excluding carboxylic acids is 1. The van der Waals surface area contributed by atoms with Crippen LogP contribution in [0.2, 0.25) is 0 Å². The molecule has 7 nitrogen and oxygen atoms in total. The summed E-state index contributed by atoms with van der Waals surface area (Å²) in [5.74, 6) is -2.97. The predicted molar refractivity (Wildman–Crippen MR) is 121 cm³/mol. The SMILES string of the molecule is CC(CC(Cc1ccc(-c2ccccc2)cc1)NC(=O)N1CCCC(C(=O)O)C1)C(=O)O. The lowest BCUT2D eigenvalue weighted by Gasteiger charge is -2.32. The minimum absolute atomic E-state index is 0.175. The number of nitrogens with one attached hydrogen (secondary N) is 1. The summed E-state index contributed by atoms with van der Waals surface area (Å²) in [6, 6.07) is 17.3. The maximum atomic E-state index is 12.8. The molecule has 170 valence electrons. The largest absolute Gasteiger partial charge is 0.481 e. The van der Waals surface area contributed by atoms with Crippen LogP contribution in [0, 0.1) is 11.8 Å².